The lowest BCUT2D eigenvalue weighted by Crippen LogP contribution is -2.52. The van der Waals surface area contributed by atoms with Gasteiger partial charge >= 0.3 is 0 Å². The molecular weight excluding hydrogens is 250 g/mol. The van der Waals surface area contributed by atoms with Gasteiger partial charge in [0.15, 0.2) is 0 Å². The molecule has 1 saturated heterocycles. The Morgan fingerprint density at radius 1 is 1.40 bits per heavy atom. The highest BCUT2D eigenvalue weighted by molar-refractivity contribution is 5.61. The highest BCUT2D eigenvalue weighted by Gasteiger charge is 2.25. The van der Waals surface area contributed by atoms with Crippen molar-refractivity contribution in [1.82, 2.24) is 4.90 Å². The van der Waals surface area contributed by atoms with Gasteiger partial charge in [-0.15, -0.1) is 0 Å². The second-order valence-corrected chi connectivity index (χ2v) is 5.61. The Bertz CT molecular complexity index is 447. The van der Waals surface area contributed by atoms with Gasteiger partial charge in [0.1, 0.15) is 5.75 Å². The van der Waals surface area contributed by atoms with Crippen molar-refractivity contribution in [3.8, 4) is 5.75 Å². The molecule has 1 unspecified atom stereocenters. The summed E-state index contributed by atoms with van der Waals surface area (Å²) in [6.07, 6.45) is 0. The third-order valence-corrected chi connectivity index (χ3v) is 4.23. The first kappa shape index (κ1) is 15.1. The fourth-order valence-electron chi connectivity index (χ4n) is 3.13. The zero-order chi connectivity index (χ0) is 14.7. The number of ether oxygens (including phenoxy) is 1. The summed E-state index contributed by atoms with van der Waals surface area (Å²) < 4.78 is 5.49. The Morgan fingerprint density at radius 3 is 2.70 bits per heavy atom. The highest BCUT2D eigenvalue weighted by atomic mass is 16.5. The van der Waals surface area contributed by atoms with Crippen molar-refractivity contribution in [3.63, 3.8) is 0 Å². The van der Waals surface area contributed by atoms with Gasteiger partial charge in [-0.25, -0.2) is 0 Å². The van der Waals surface area contributed by atoms with Gasteiger partial charge in [-0.1, -0.05) is 13.0 Å². The molecule has 2 atom stereocenters. The van der Waals surface area contributed by atoms with E-state index in [1.807, 2.05) is 13.0 Å². The molecule has 1 heterocycles. The van der Waals surface area contributed by atoms with Crippen molar-refractivity contribution < 1.29 is 4.74 Å². The van der Waals surface area contributed by atoms with Gasteiger partial charge in [0.25, 0.3) is 0 Å². The summed E-state index contributed by atoms with van der Waals surface area (Å²) in [6.45, 7) is 10.9. The molecule has 20 heavy (non-hydrogen) atoms. The molecule has 1 aromatic rings. The molecule has 1 fully saturated rings. The number of nitrogens with two attached hydrogens (primary N) is 1. The molecular formula is C16H27N3O. The largest absolute Gasteiger partial charge is 0.496 e. The van der Waals surface area contributed by atoms with Crippen molar-refractivity contribution in [2.75, 3.05) is 38.2 Å². The van der Waals surface area contributed by atoms with Crippen LogP contribution in [0.2, 0.25) is 0 Å². The first-order valence-corrected chi connectivity index (χ1v) is 7.50. The van der Waals surface area contributed by atoms with Gasteiger partial charge < -0.3 is 15.4 Å². The first-order valence-electron chi connectivity index (χ1n) is 7.50. The molecule has 1 aliphatic heterocycles. The number of benzene rings is 1. The van der Waals surface area contributed by atoms with Crippen molar-refractivity contribution in [2.24, 2.45) is 5.73 Å². The fraction of sp³-hybridized carbons (Fsp3) is 0.625. The number of likely N-dealkylation sites (N-methyl/N-ethyl adjacent to an activating group) is 1. The summed E-state index contributed by atoms with van der Waals surface area (Å²) in [5, 5.41) is 0. The molecule has 0 radical (unpaired) electrons. The lowest BCUT2D eigenvalue weighted by Gasteiger charge is -2.41. The molecule has 112 valence electrons. The van der Waals surface area contributed by atoms with E-state index in [9.17, 15) is 0 Å². The Labute approximate surface area is 122 Å². The van der Waals surface area contributed by atoms with Crippen LogP contribution in [0.5, 0.6) is 5.75 Å². The third-order valence-electron chi connectivity index (χ3n) is 4.23. The molecule has 2 rings (SSSR count). The second-order valence-electron chi connectivity index (χ2n) is 5.61. The maximum absolute atomic E-state index is 6.17. The van der Waals surface area contributed by atoms with E-state index in [0.717, 1.165) is 37.5 Å². The Balaban J connectivity index is 2.29. The number of rotatable bonds is 4. The number of methoxy groups -OCH3 is 1. The summed E-state index contributed by atoms with van der Waals surface area (Å²) in [5.41, 5.74) is 8.51. The van der Waals surface area contributed by atoms with Crippen molar-refractivity contribution in [2.45, 2.75) is 32.9 Å². The normalized spacial score (nSPS) is 21.9. The molecule has 0 spiro atoms. The maximum atomic E-state index is 6.17. The third kappa shape index (κ3) is 2.91. The van der Waals surface area contributed by atoms with E-state index in [1.54, 1.807) is 7.11 Å². The average Bonchev–Trinajstić information content (AvgIpc) is 2.46. The standard InChI is InChI=1S/C16H27N3O/c1-5-18-9-10-19(11-12(18)2)14-7-6-8-15(20-4)16(14)13(3)17/h6-8,12-13H,5,9-11,17H2,1-4H3/t12?,13-/m0/s1. The van der Waals surface area contributed by atoms with Gasteiger partial charge in [0.05, 0.1) is 7.11 Å². The minimum atomic E-state index is -0.0272. The molecule has 1 aliphatic rings. The zero-order valence-corrected chi connectivity index (χ0v) is 13.1. The summed E-state index contributed by atoms with van der Waals surface area (Å²) in [4.78, 5) is 4.96. The lowest BCUT2D eigenvalue weighted by molar-refractivity contribution is 0.199. The molecule has 0 amide bonds. The topological polar surface area (TPSA) is 41.7 Å². The van der Waals surface area contributed by atoms with Crippen LogP contribution in [0.1, 0.15) is 32.4 Å². The molecule has 0 saturated carbocycles. The zero-order valence-electron chi connectivity index (χ0n) is 13.1. The van der Waals surface area contributed by atoms with Crippen molar-refractivity contribution in [3.05, 3.63) is 23.8 Å². The number of anilines is 1. The average molecular weight is 277 g/mol. The number of hydrogen-bond donors (Lipinski definition) is 1. The molecule has 2 N–H and O–H groups in total. The van der Waals surface area contributed by atoms with E-state index in [-0.39, 0.29) is 6.04 Å². The molecule has 0 aliphatic carbocycles. The molecule has 4 nitrogen and oxygen atoms in total. The van der Waals surface area contributed by atoms with Crippen LogP contribution < -0.4 is 15.4 Å². The van der Waals surface area contributed by atoms with Crippen molar-refractivity contribution >= 4 is 5.69 Å². The molecule has 1 aromatic carbocycles. The van der Waals surface area contributed by atoms with E-state index in [4.69, 9.17) is 10.5 Å². The van der Waals surface area contributed by atoms with Crippen molar-refractivity contribution in [1.29, 1.82) is 0 Å². The van der Waals surface area contributed by atoms with Crippen LogP contribution >= 0.6 is 0 Å². The van der Waals surface area contributed by atoms with Gasteiger partial charge in [-0.2, -0.15) is 0 Å². The number of nitrogens with zero attached hydrogens (tertiary/aromatic N) is 2. The van der Waals surface area contributed by atoms with Crippen LogP contribution in [-0.2, 0) is 0 Å². The van der Waals surface area contributed by atoms with E-state index in [1.165, 1.54) is 5.69 Å². The van der Waals surface area contributed by atoms with Crippen LogP contribution in [0.25, 0.3) is 0 Å². The smallest absolute Gasteiger partial charge is 0.125 e. The van der Waals surface area contributed by atoms with E-state index in [2.05, 4.69) is 35.8 Å². The quantitative estimate of drug-likeness (QED) is 0.916. The lowest BCUT2D eigenvalue weighted by atomic mass is 10.0. The predicted molar refractivity (Wildman–Crippen MR) is 84.5 cm³/mol. The van der Waals surface area contributed by atoms with Gasteiger partial charge in [0, 0.05) is 43.0 Å². The monoisotopic (exact) mass is 277 g/mol. The predicted octanol–water partition coefficient (Wildman–Crippen LogP) is 2.25. The van der Waals surface area contributed by atoms with Gasteiger partial charge in [-0.3, -0.25) is 4.90 Å². The van der Waals surface area contributed by atoms with Crippen LogP contribution in [0, 0.1) is 0 Å². The van der Waals surface area contributed by atoms with Crippen LogP contribution in [0.3, 0.4) is 0 Å². The Hall–Kier alpha value is -1.26. The Kier molecular flexibility index (Phi) is 4.89. The van der Waals surface area contributed by atoms with E-state index < -0.39 is 0 Å². The fourth-order valence-corrected chi connectivity index (χ4v) is 3.13. The number of hydrogen-bond acceptors (Lipinski definition) is 4. The minimum Gasteiger partial charge on any atom is -0.496 e. The van der Waals surface area contributed by atoms with Crippen LogP contribution in [-0.4, -0.2) is 44.2 Å². The summed E-state index contributed by atoms with van der Waals surface area (Å²) in [6, 6.07) is 6.75. The second kappa shape index (κ2) is 6.46. The first-order chi connectivity index (χ1) is 9.58. The molecule has 0 bridgehead atoms. The van der Waals surface area contributed by atoms with Gasteiger partial charge in [-0.05, 0) is 32.5 Å². The van der Waals surface area contributed by atoms with Crippen LogP contribution in [0.4, 0.5) is 5.69 Å². The minimum absolute atomic E-state index is 0.0272. The molecule has 0 aromatic heterocycles. The van der Waals surface area contributed by atoms with E-state index >= 15 is 0 Å². The highest BCUT2D eigenvalue weighted by Crippen LogP contribution is 2.34. The number of piperazine rings is 1. The van der Waals surface area contributed by atoms with Gasteiger partial charge in [0.2, 0.25) is 0 Å². The maximum Gasteiger partial charge on any atom is 0.125 e. The van der Waals surface area contributed by atoms with E-state index in [0.29, 0.717) is 6.04 Å². The molecule has 4 heteroatoms. The SMILES string of the molecule is CCN1CCN(c2cccc(OC)c2[C@H](C)N)CC1C. The summed E-state index contributed by atoms with van der Waals surface area (Å²) in [5.74, 6) is 0.892. The van der Waals surface area contributed by atoms with Crippen LogP contribution in [0.15, 0.2) is 18.2 Å². The summed E-state index contributed by atoms with van der Waals surface area (Å²) >= 11 is 0. The summed E-state index contributed by atoms with van der Waals surface area (Å²) in [7, 11) is 1.71. The Morgan fingerprint density at radius 2 is 2.15 bits per heavy atom.